The minimum absolute atomic E-state index is 0.0152. The van der Waals surface area contributed by atoms with Gasteiger partial charge in [-0.3, -0.25) is 10.1 Å². The SMILES string of the molecule is CNCc1ccc(OC(C)C)c([N+](=O)[O-])c1. The molecule has 1 aromatic carbocycles. The number of nitrogens with zero attached hydrogens (tertiary/aromatic N) is 1. The lowest BCUT2D eigenvalue weighted by Gasteiger charge is -2.10. The van der Waals surface area contributed by atoms with Gasteiger partial charge in [0.1, 0.15) is 0 Å². The molecule has 0 fully saturated rings. The Kier molecular flexibility index (Phi) is 4.25. The number of nitro groups is 1. The molecule has 1 N–H and O–H groups in total. The molecule has 0 aliphatic carbocycles. The van der Waals surface area contributed by atoms with E-state index in [0.29, 0.717) is 12.3 Å². The van der Waals surface area contributed by atoms with Gasteiger partial charge in [0.25, 0.3) is 0 Å². The van der Waals surface area contributed by atoms with Crippen LogP contribution < -0.4 is 10.1 Å². The summed E-state index contributed by atoms with van der Waals surface area (Å²) < 4.78 is 5.38. The first kappa shape index (κ1) is 12.4. The second-order valence-corrected chi connectivity index (χ2v) is 3.76. The lowest BCUT2D eigenvalue weighted by atomic mass is 10.2. The van der Waals surface area contributed by atoms with Crippen molar-refractivity contribution in [1.29, 1.82) is 0 Å². The number of benzene rings is 1. The lowest BCUT2D eigenvalue weighted by molar-refractivity contribution is -0.386. The summed E-state index contributed by atoms with van der Waals surface area (Å²) in [5, 5.41) is 13.8. The number of nitro benzene ring substituents is 1. The monoisotopic (exact) mass is 224 g/mol. The van der Waals surface area contributed by atoms with Crippen molar-refractivity contribution >= 4 is 5.69 Å². The highest BCUT2D eigenvalue weighted by Crippen LogP contribution is 2.28. The zero-order valence-corrected chi connectivity index (χ0v) is 9.69. The molecular formula is C11H16N2O3. The third-order valence-corrected chi connectivity index (χ3v) is 1.96. The summed E-state index contributed by atoms with van der Waals surface area (Å²) in [4.78, 5) is 10.4. The first-order chi connectivity index (χ1) is 7.54. The first-order valence-corrected chi connectivity index (χ1v) is 5.13. The molecule has 5 heteroatoms. The lowest BCUT2D eigenvalue weighted by Crippen LogP contribution is -2.09. The molecule has 0 aromatic heterocycles. The van der Waals surface area contributed by atoms with E-state index < -0.39 is 4.92 Å². The van der Waals surface area contributed by atoms with Crippen molar-refractivity contribution in [3.63, 3.8) is 0 Å². The molecular weight excluding hydrogens is 208 g/mol. The van der Waals surface area contributed by atoms with Gasteiger partial charge in [-0.05, 0) is 32.5 Å². The summed E-state index contributed by atoms with van der Waals surface area (Å²) in [5.41, 5.74) is 0.881. The van der Waals surface area contributed by atoms with Gasteiger partial charge >= 0.3 is 5.69 Å². The van der Waals surface area contributed by atoms with E-state index in [2.05, 4.69) is 5.32 Å². The molecule has 5 nitrogen and oxygen atoms in total. The summed E-state index contributed by atoms with van der Waals surface area (Å²) in [5.74, 6) is 0.319. The number of ether oxygens (including phenoxy) is 1. The Morgan fingerprint density at radius 3 is 2.69 bits per heavy atom. The number of hydrogen-bond acceptors (Lipinski definition) is 4. The molecule has 1 aromatic rings. The van der Waals surface area contributed by atoms with E-state index >= 15 is 0 Å². The summed E-state index contributed by atoms with van der Waals surface area (Å²) >= 11 is 0. The third kappa shape index (κ3) is 3.20. The molecule has 0 unspecified atom stereocenters. The summed E-state index contributed by atoms with van der Waals surface area (Å²) in [6.45, 7) is 4.28. The Morgan fingerprint density at radius 1 is 1.50 bits per heavy atom. The second-order valence-electron chi connectivity index (χ2n) is 3.76. The largest absolute Gasteiger partial charge is 0.484 e. The fourth-order valence-corrected chi connectivity index (χ4v) is 1.37. The van der Waals surface area contributed by atoms with Crippen LogP contribution in [0.3, 0.4) is 0 Å². The van der Waals surface area contributed by atoms with Crippen LogP contribution in [0, 0.1) is 10.1 Å². The van der Waals surface area contributed by atoms with E-state index in [1.54, 1.807) is 13.1 Å². The van der Waals surface area contributed by atoms with E-state index in [-0.39, 0.29) is 11.8 Å². The van der Waals surface area contributed by atoms with Gasteiger partial charge < -0.3 is 10.1 Å². The third-order valence-electron chi connectivity index (χ3n) is 1.96. The van der Waals surface area contributed by atoms with Crippen molar-refractivity contribution in [3.05, 3.63) is 33.9 Å². The molecule has 0 aliphatic rings. The molecule has 0 aliphatic heterocycles. The predicted octanol–water partition coefficient (Wildman–Crippen LogP) is 2.10. The summed E-state index contributed by atoms with van der Waals surface area (Å²) in [6, 6.07) is 5.00. The van der Waals surface area contributed by atoms with Crippen molar-refractivity contribution in [3.8, 4) is 5.75 Å². The Bertz CT molecular complexity index is 377. The van der Waals surface area contributed by atoms with Crippen LogP contribution in [0.4, 0.5) is 5.69 Å². The first-order valence-electron chi connectivity index (χ1n) is 5.13. The number of rotatable bonds is 5. The molecule has 0 saturated heterocycles. The number of nitrogens with one attached hydrogen (secondary N) is 1. The van der Waals surface area contributed by atoms with Crippen LogP contribution in [0.25, 0.3) is 0 Å². The minimum atomic E-state index is -0.420. The summed E-state index contributed by atoms with van der Waals surface area (Å²) in [7, 11) is 1.80. The van der Waals surface area contributed by atoms with Gasteiger partial charge in [0.2, 0.25) is 0 Å². The molecule has 0 bridgehead atoms. The Balaban J connectivity index is 3.04. The number of hydrogen-bond donors (Lipinski definition) is 1. The van der Waals surface area contributed by atoms with E-state index in [1.807, 2.05) is 19.9 Å². The maximum absolute atomic E-state index is 10.9. The normalized spacial score (nSPS) is 10.5. The fourth-order valence-electron chi connectivity index (χ4n) is 1.37. The van der Waals surface area contributed by atoms with E-state index in [0.717, 1.165) is 5.56 Å². The van der Waals surface area contributed by atoms with Gasteiger partial charge in [0.15, 0.2) is 5.75 Å². The Labute approximate surface area is 94.6 Å². The molecule has 0 heterocycles. The van der Waals surface area contributed by atoms with Gasteiger partial charge in [-0.25, -0.2) is 0 Å². The molecule has 1 rings (SSSR count). The zero-order chi connectivity index (χ0) is 12.1. The minimum Gasteiger partial charge on any atom is -0.484 e. The van der Waals surface area contributed by atoms with Crippen LogP contribution in [0.2, 0.25) is 0 Å². The van der Waals surface area contributed by atoms with Crippen LogP contribution in [0.1, 0.15) is 19.4 Å². The average Bonchev–Trinajstić information content (AvgIpc) is 2.19. The van der Waals surface area contributed by atoms with E-state index in [9.17, 15) is 10.1 Å². The van der Waals surface area contributed by atoms with Gasteiger partial charge in [0, 0.05) is 12.6 Å². The van der Waals surface area contributed by atoms with Gasteiger partial charge in [-0.1, -0.05) is 6.07 Å². The zero-order valence-electron chi connectivity index (χ0n) is 9.69. The molecule has 0 radical (unpaired) electrons. The predicted molar refractivity (Wildman–Crippen MR) is 61.6 cm³/mol. The Morgan fingerprint density at radius 2 is 2.19 bits per heavy atom. The van der Waals surface area contributed by atoms with Crippen LogP contribution in [0.5, 0.6) is 5.75 Å². The van der Waals surface area contributed by atoms with E-state index in [1.165, 1.54) is 6.07 Å². The van der Waals surface area contributed by atoms with Crippen molar-refractivity contribution in [2.45, 2.75) is 26.5 Å². The second kappa shape index (κ2) is 5.46. The molecule has 0 atom stereocenters. The summed E-state index contributed by atoms with van der Waals surface area (Å²) in [6.07, 6.45) is -0.0751. The van der Waals surface area contributed by atoms with Crippen molar-refractivity contribution in [1.82, 2.24) is 5.32 Å². The molecule has 88 valence electrons. The quantitative estimate of drug-likeness (QED) is 0.614. The maximum atomic E-state index is 10.9. The van der Waals surface area contributed by atoms with Crippen LogP contribution in [-0.4, -0.2) is 18.1 Å². The molecule has 0 spiro atoms. The molecule has 16 heavy (non-hydrogen) atoms. The molecule has 0 saturated carbocycles. The van der Waals surface area contributed by atoms with Crippen LogP contribution in [-0.2, 0) is 6.54 Å². The highest BCUT2D eigenvalue weighted by Gasteiger charge is 2.16. The topological polar surface area (TPSA) is 64.4 Å². The van der Waals surface area contributed by atoms with Crippen molar-refractivity contribution in [2.24, 2.45) is 0 Å². The van der Waals surface area contributed by atoms with Crippen molar-refractivity contribution < 1.29 is 9.66 Å². The smallest absolute Gasteiger partial charge is 0.311 e. The van der Waals surface area contributed by atoms with Gasteiger partial charge in [0.05, 0.1) is 11.0 Å². The van der Waals surface area contributed by atoms with Gasteiger partial charge in [-0.2, -0.15) is 0 Å². The van der Waals surface area contributed by atoms with Crippen molar-refractivity contribution in [2.75, 3.05) is 7.05 Å². The highest BCUT2D eigenvalue weighted by atomic mass is 16.6. The van der Waals surface area contributed by atoms with Gasteiger partial charge in [-0.15, -0.1) is 0 Å². The van der Waals surface area contributed by atoms with E-state index in [4.69, 9.17) is 4.74 Å². The average molecular weight is 224 g/mol. The fraction of sp³-hybridized carbons (Fsp3) is 0.455. The maximum Gasteiger partial charge on any atom is 0.311 e. The highest BCUT2D eigenvalue weighted by molar-refractivity contribution is 5.48. The Hall–Kier alpha value is -1.62. The van der Waals surface area contributed by atoms with Crippen LogP contribution in [0.15, 0.2) is 18.2 Å². The standard InChI is InChI=1S/C11H16N2O3/c1-8(2)16-11-5-4-9(7-12-3)6-10(11)13(14)15/h4-6,8,12H,7H2,1-3H3. The van der Waals surface area contributed by atoms with Crippen LogP contribution >= 0.6 is 0 Å². The molecule has 0 amide bonds.